The quantitative estimate of drug-likeness (QED) is 0.527. The Labute approximate surface area is 115 Å². The summed E-state index contributed by atoms with van der Waals surface area (Å²) >= 11 is 0. The fourth-order valence-corrected chi connectivity index (χ4v) is 4.67. The average Bonchev–Trinajstić information content (AvgIpc) is 2.21. The molecule has 2 saturated carbocycles. The van der Waals surface area contributed by atoms with Crippen LogP contribution in [0.4, 0.5) is 0 Å². The smallest absolute Gasteiger partial charge is 0.0362 e. The minimum absolute atomic E-state index is 0.926. The fraction of sp³-hybridized carbons (Fsp3) is 1.00. The molecular weight excluding hydrogens is 216 g/mol. The second-order valence-electron chi connectivity index (χ2n) is 7.81. The van der Waals surface area contributed by atoms with Gasteiger partial charge >= 0.3 is 0 Å². The molecule has 0 nitrogen and oxygen atoms in total. The maximum absolute atomic E-state index is 2.43. The highest BCUT2D eigenvalue weighted by Gasteiger charge is 2.35. The Balaban J connectivity index is 1.75. The Kier molecular flexibility index (Phi) is 5.15. The second-order valence-corrected chi connectivity index (χ2v) is 7.81. The van der Waals surface area contributed by atoms with Crippen molar-refractivity contribution in [2.24, 2.45) is 35.5 Å². The van der Waals surface area contributed by atoms with E-state index in [2.05, 4.69) is 27.7 Å². The molecule has 0 bridgehead atoms. The van der Waals surface area contributed by atoms with Gasteiger partial charge in [0, 0.05) is 0 Å². The van der Waals surface area contributed by atoms with E-state index in [0.29, 0.717) is 0 Å². The van der Waals surface area contributed by atoms with Crippen molar-refractivity contribution in [1.82, 2.24) is 0 Å². The normalized spacial score (nSPS) is 37.2. The highest BCUT2D eigenvalue weighted by Crippen LogP contribution is 2.46. The molecule has 0 heteroatoms. The van der Waals surface area contributed by atoms with E-state index < -0.39 is 0 Å². The lowest BCUT2D eigenvalue weighted by atomic mass is 9.63. The topological polar surface area (TPSA) is 0 Å². The molecular formula is C18H34. The zero-order chi connectivity index (χ0) is 13.1. The molecule has 0 aromatic heterocycles. The largest absolute Gasteiger partial charge is 0.0654 e. The Bertz CT molecular complexity index is 236. The molecule has 0 spiro atoms. The first kappa shape index (κ1) is 14.4. The molecule has 2 aliphatic rings. The summed E-state index contributed by atoms with van der Waals surface area (Å²) in [5, 5.41) is 0. The molecule has 18 heavy (non-hydrogen) atoms. The third-order valence-electron chi connectivity index (χ3n) is 5.80. The Morgan fingerprint density at radius 3 is 2.22 bits per heavy atom. The summed E-state index contributed by atoms with van der Waals surface area (Å²) in [5.41, 5.74) is 0. The van der Waals surface area contributed by atoms with Gasteiger partial charge < -0.3 is 0 Å². The zero-order valence-electron chi connectivity index (χ0n) is 13.1. The fourth-order valence-electron chi connectivity index (χ4n) is 4.67. The molecule has 0 saturated heterocycles. The van der Waals surface area contributed by atoms with Gasteiger partial charge in [-0.25, -0.2) is 0 Å². The monoisotopic (exact) mass is 250 g/mol. The first-order valence-corrected chi connectivity index (χ1v) is 8.60. The van der Waals surface area contributed by atoms with E-state index in [1.54, 1.807) is 12.8 Å². The molecule has 0 radical (unpaired) electrons. The molecule has 0 aliphatic heterocycles. The molecule has 0 heterocycles. The maximum Gasteiger partial charge on any atom is -0.0362 e. The molecule has 3 atom stereocenters. The van der Waals surface area contributed by atoms with E-state index in [1.165, 1.54) is 38.5 Å². The maximum atomic E-state index is 2.43. The molecule has 106 valence electrons. The summed E-state index contributed by atoms with van der Waals surface area (Å²) in [7, 11) is 0. The molecule has 2 aliphatic carbocycles. The van der Waals surface area contributed by atoms with E-state index in [9.17, 15) is 0 Å². The van der Waals surface area contributed by atoms with E-state index in [-0.39, 0.29) is 0 Å². The Morgan fingerprint density at radius 2 is 1.78 bits per heavy atom. The minimum Gasteiger partial charge on any atom is -0.0654 e. The van der Waals surface area contributed by atoms with Crippen LogP contribution in [0, 0.1) is 35.5 Å². The lowest BCUT2D eigenvalue weighted by Gasteiger charge is -2.43. The van der Waals surface area contributed by atoms with Crippen molar-refractivity contribution in [3.63, 3.8) is 0 Å². The van der Waals surface area contributed by atoms with Gasteiger partial charge in [0.2, 0.25) is 0 Å². The van der Waals surface area contributed by atoms with Crippen LogP contribution in [-0.4, -0.2) is 0 Å². The van der Waals surface area contributed by atoms with Gasteiger partial charge in [0.15, 0.2) is 0 Å². The van der Waals surface area contributed by atoms with Gasteiger partial charge in [0.25, 0.3) is 0 Å². The molecule has 0 N–H and O–H groups in total. The summed E-state index contributed by atoms with van der Waals surface area (Å²) in [5.74, 6) is 6.25. The van der Waals surface area contributed by atoms with Gasteiger partial charge in [-0.1, -0.05) is 40.5 Å². The van der Waals surface area contributed by atoms with Crippen molar-refractivity contribution < 1.29 is 0 Å². The van der Waals surface area contributed by atoms with Crippen LogP contribution >= 0.6 is 0 Å². The van der Waals surface area contributed by atoms with Crippen molar-refractivity contribution in [3.8, 4) is 0 Å². The van der Waals surface area contributed by atoms with Gasteiger partial charge in [-0.15, -0.1) is 0 Å². The Morgan fingerprint density at radius 1 is 1.06 bits per heavy atom. The van der Waals surface area contributed by atoms with E-state index in [4.69, 9.17) is 0 Å². The molecule has 2 fully saturated rings. The zero-order valence-corrected chi connectivity index (χ0v) is 13.1. The molecule has 0 aromatic rings. The van der Waals surface area contributed by atoms with Crippen LogP contribution in [0.5, 0.6) is 0 Å². The van der Waals surface area contributed by atoms with Gasteiger partial charge in [0.1, 0.15) is 0 Å². The Hall–Kier alpha value is 0. The van der Waals surface area contributed by atoms with Crippen molar-refractivity contribution in [2.45, 2.75) is 79.1 Å². The lowest BCUT2D eigenvalue weighted by molar-refractivity contribution is 0.0775. The second kappa shape index (κ2) is 6.44. The van der Waals surface area contributed by atoms with Crippen molar-refractivity contribution in [3.05, 3.63) is 0 Å². The summed E-state index contributed by atoms with van der Waals surface area (Å²) in [6.07, 6.45) is 12.1. The van der Waals surface area contributed by atoms with Crippen LogP contribution in [0.25, 0.3) is 0 Å². The first-order chi connectivity index (χ1) is 8.60. The third-order valence-corrected chi connectivity index (χ3v) is 5.80. The van der Waals surface area contributed by atoms with Gasteiger partial charge in [-0.3, -0.25) is 0 Å². The highest BCUT2D eigenvalue weighted by molar-refractivity contribution is 4.86. The third kappa shape index (κ3) is 3.52. The van der Waals surface area contributed by atoms with Crippen LogP contribution < -0.4 is 0 Å². The van der Waals surface area contributed by atoms with E-state index in [1.807, 2.05) is 0 Å². The van der Waals surface area contributed by atoms with Crippen LogP contribution in [0.15, 0.2) is 0 Å². The number of hydrogen-bond acceptors (Lipinski definition) is 0. The number of rotatable bonds is 7. The molecule has 3 unspecified atom stereocenters. The summed E-state index contributed by atoms with van der Waals surface area (Å²) in [6, 6.07) is 0. The van der Waals surface area contributed by atoms with Gasteiger partial charge in [0.05, 0.1) is 0 Å². The minimum atomic E-state index is 0.926. The van der Waals surface area contributed by atoms with E-state index >= 15 is 0 Å². The summed E-state index contributed by atoms with van der Waals surface area (Å²) in [6.45, 7) is 9.65. The van der Waals surface area contributed by atoms with Gasteiger partial charge in [-0.2, -0.15) is 0 Å². The van der Waals surface area contributed by atoms with Crippen molar-refractivity contribution in [2.75, 3.05) is 0 Å². The van der Waals surface area contributed by atoms with Crippen LogP contribution in [0.3, 0.4) is 0 Å². The lowest BCUT2D eigenvalue weighted by Crippen LogP contribution is -2.33. The van der Waals surface area contributed by atoms with Gasteiger partial charge in [-0.05, 0) is 74.0 Å². The highest BCUT2D eigenvalue weighted by atomic mass is 14.4. The molecule has 2 rings (SSSR count). The number of hydrogen-bond donors (Lipinski definition) is 0. The summed E-state index contributed by atoms with van der Waals surface area (Å²) in [4.78, 5) is 0. The van der Waals surface area contributed by atoms with Crippen LogP contribution in [0.2, 0.25) is 0 Å². The van der Waals surface area contributed by atoms with Crippen molar-refractivity contribution >= 4 is 0 Å². The predicted octanol–water partition coefficient (Wildman–Crippen LogP) is 5.91. The van der Waals surface area contributed by atoms with Crippen LogP contribution in [-0.2, 0) is 0 Å². The van der Waals surface area contributed by atoms with Crippen LogP contribution in [0.1, 0.15) is 79.1 Å². The van der Waals surface area contributed by atoms with Crippen molar-refractivity contribution in [1.29, 1.82) is 0 Å². The predicted molar refractivity (Wildman–Crippen MR) is 80.6 cm³/mol. The first-order valence-electron chi connectivity index (χ1n) is 8.60. The standard InChI is InChI=1S/C18H34/c1-5-6-15(11-16-9-14(4)10-16)12-17-7-8-18(17)13(2)3/h13-18H,5-12H2,1-4H3. The van der Waals surface area contributed by atoms with E-state index in [0.717, 1.165) is 35.5 Å². The molecule has 0 aromatic carbocycles. The molecule has 0 amide bonds. The average molecular weight is 250 g/mol. The summed E-state index contributed by atoms with van der Waals surface area (Å²) < 4.78 is 0. The SMILES string of the molecule is CCCC(CC1CC(C)C1)CC1CCC1C(C)C.